The number of allylic oxidation sites excluding steroid dienone is 3. The number of fused-ring (bicyclic) bond motifs is 1. The van der Waals surface area contributed by atoms with Crippen molar-refractivity contribution in [3.8, 4) is 0 Å². The van der Waals surface area contributed by atoms with Crippen molar-refractivity contribution in [1.82, 2.24) is 5.32 Å². The monoisotopic (exact) mass is 349 g/mol. The Hall–Kier alpha value is -1.52. The molecule has 0 bridgehead atoms. The van der Waals surface area contributed by atoms with Crippen molar-refractivity contribution in [3.63, 3.8) is 0 Å². The van der Waals surface area contributed by atoms with Crippen LogP contribution in [0.2, 0.25) is 5.02 Å². The molecule has 0 aromatic heterocycles. The Morgan fingerprint density at radius 1 is 1.35 bits per heavy atom. The molecule has 0 saturated heterocycles. The maximum absolute atomic E-state index is 13.4. The molecule has 1 aromatic carbocycles. The maximum atomic E-state index is 13.4. The van der Waals surface area contributed by atoms with Gasteiger partial charge in [-0.25, -0.2) is 8.42 Å². The van der Waals surface area contributed by atoms with E-state index < -0.39 is 19.8 Å². The minimum atomic E-state index is -3.46. The molecular formula is C18H20ClNO2S. The second kappa shape index (κ2) is 5.84. The van der Waals surface area contributed by atoms with Gasteiger partial charge >= 0.3 is 0 Å². The Labute approximate surface area is 142 Å². The Morgan fingerprint density at radius 2 is 2.13 bits per heavy atom. The first-order valence-corrected chi connectivity index (χ1v) is 9.54. The van der Waals surface area contributed by atoms with Crippen molar-refractivity contribution in [3.05, 3.63) is 64.3 Å². The summed E-state index contributed by atoms with van der Waals surface area (Å²) in [7, 11) is -3.46. The van der Waals surface area contributed by atoms with Gasteiger partial charge < -0.3 is 5.32 Å². The van der Waals surface area contributed by atoms with E-state index in [-0.39, 0.29) is 0 Å². The van der Waals surface area contributed by atoms with Gasteiger partial charge in [0, 0.05) is 11.6 Å². The normalized spacial score (nSPS) is 26.9. The van der Waals surface area contributed by atoms with E-state index in [0.29, 0.717) is 18.0 Å². The summed E-state index contributed by atoms with van der Waals surface area (Å²) >= 11 is 6.13. The van der Waals surface area contributed by atoms with Crippen LogP contribution in [0, 0.1) is 0 Å². The van der Waals surface area contributed by atoms with Gasteiger partial charge in [0.1, 0.15) is 5.25 Å². The number of rotatable bonds is 2. The van der Waals surface area contributed by atoms with E-state index in [1.807, 2.05) is 31.2 Å². The smallest absolute Gasteiger partial charge is 0.168 e. The molecule has 1 aliphatic carbocycles. The molecule has 1 heterocycles. The molecule has 0 spiro atoms. The zero-order chi connectivity index (χ0) is 16.7. The summed E-state index contributed by atoms with van der Waals surface area (Å²) in [4.78, 5) is 0. The standard InChI is InChI=1S/C18H20ClNO2S/c1-13-4-3-8-18(2,11-13)23(21,22)17-12-20-9-7-14-5-6-15(19)10-16(14)17/h3-10,17,20H,11-12H2,1-2H3. The summed E-state index contributed by atoms with van der Waals surface area (Å²) in [5.41, 5.74) is 2.73. The highest BCUT2D eigenvalue weighted by Gasteiger charge is 2.44. The molecule has 2 unspecified atom stereocenters. The van der Waals surface area contributed by atoms with Crippen molar-refractivity contribution >= 4 is 27.5 Å². The minimum absolute atomic E-state index is 0.346. The SMILES string of the molecule is CC1=CC=CC(C)(S(=O)(=O)C2CNC=Cc3ccc(Cl)cc32)C1. The van der Waals surface area contributed by atoms with E-state index in [9.17, 15) is 8.42 Å². The van der Waals surface area contributed by atoms with Crippen LogP contribution in [0.25, 0.3) is 6.08 Å². The van der Waals surface area contributed by atoms with Crippen LogP contribution in [0.3, 0.4) is 0 Å². The predicted molar refractivity (Wildman–Crippen MR) is 96.1 cm³/mol. The first kappa shape index (κ1) is 16.3. The van der Waals surface area contributed by atoms with E-state index >= 15 is 0 Å². The number of hydrogen-bond donors (Lipinski definition) is 1. The second-order valence-electron chi connectivity index (χ2n) is 6.41. The van der Waals surface area contributed by atoms with Gasteiger partial charge in [0.05, 0.1) is 4.75 Å². The van der Waals surface area contributed by atoms with Gasteiger partial charge in [0.15, 0.2) is 9.84 Å². The van der Waals surface area contributed by atoms with Crippen LogP contribution in [0.5, 0.6) is 0 Å². The predicted octanol–water partition coefficient (Wildman–Crippen LogP) is 4.03. The number of hydrogen-bond acceptors (Lipinski definition) is 3. The van der Waals surface area contributed by atoms with Gasteiger partial charge in [-0.1, -0.05) is 41.5 Å². The Balaban J connectivity index is 2.10. The molecule has 23 heavy (non-hydrogen) atoms. The van der Waals surface area contributed by atoms with E-state index in [0.717, 1.165) is 16.7 Å². The highest BCUT2D eigenvalue weighted by Crippen LogP contribution is 2.40. The van der Waals surface area contributed by atoms with Crippen LogP contribution in [0.15, 0.2) is 48.2 Å². The molecule has 1 N–H and O–H groups in total. The Kier molecular flexibility index (Phi) is 4.15. The van der Waals surface area contributed by atoms with Gasteiger partial charge in [-0.3, -0.25) is 0 Å². The largest absolute Gasteiger partial charge is 0.389 e. The van der Waals surface area contributed by atoms with Gasteiger partial charge in [-0.2, -0.15) is 0 Å². The summed E-state index contributed by atoms with van der Waals surface area (Å²) < 4.78 is 26.0. The summed E-state index contributed by atoms with van der Waals surface area (Å²) in [6, 6.07) is 5.43. The summed E-state index contributed by atoms with van der Waals surface area (Å²) in [6.07, 6.45) is 9.83. The van der Waals surface area contributed by atoms with Gasteiger partial charge in [0.2, 0.25) is 0 Å². The van der Waals surface area contributed by atoms with E-state index in [1.54, 1.807) is 31.3 Å². The number of benzene rings is 1. The molecule has 2 aliphatic rings. The fourth-order valence-corrected chi connectivity index (χ4v) is 5.68. The van der Waals surface area contributed by atoms with Crippen LogP contribution >= 0.6 is 11.6 Å². The van der Waals surface area contributed by atoms with Crippen LogP contribution in [-0.4, -0.2) is 19.7 Å². The quantitative estimate of drug-likeness (QED) is 0.876. The number of nitrogens with one attached hydrogen (secondary N) is 1. The van der Waals surface area contributed by atoms with Crippen molar-refractivity contribution in [2.45, 2.75) is 30.3 Å². The lowest BCUT2D eigenvalue weighted by atomic mass is 9.96. The van der Waals surface area contributed by atoms with Crippen molar-refractivity contribution in [1.29, 1.82) is 0 Å². The Bertz CT molecular complexity index is 823. The van der Waals surface area contributed by atoms with Crippen LogP contribution in [0.1, 0.15) is 36.6 Å². The molecule has 5 heteroatoms. The lowest BCUT2D eigenvalue weighted by Crippen LogP contribution is -2.40. The molecule has 3 rings (SSSR count). The van der Waals surface area contributed by atoms with Gasteiger partial charge in [-0.05, 0) is 55.8 Å². The van der Waals surface area contributed by atoms with Crippen molar-refractivity contribution in [2.75, 3.05) is 6.54 Å². The molecule has 1 aromatic rings. The molecule has 122 valence electrons. The highest BCUT2D eigenvalue weighted by atomic mass is 35.5. The van der Waals surface area contributed by atoms with Crippen molar-refractivity contribution < 1.29 is 8.42 Å². The van der Waals surface area contributed by atoms with Crippen LogP contribution in [0.4, 0.5) is 0 Å². The summed E-state index contributed by atoms with van der Waals surface area (Å²) in [5, 5.41) is 3.02. The van der Waals surface area contributed by atoms with Gasteiger partial charge in [0.25, 0.3) is 0 Å². The number of halogens is 1. The van der Waals surface area contributed by atoms with Gasteiger partial charge in [-0.15, -0.1) is 0 Å². The fourth-order valence-electron chi connectivity index (χ4n) is 3.29. The third-order valence-corrected chi connectivity index (χ3v) is 7.55. The highest BCUT2D eigenvalue weighted by molar-refractivity contribution is 7.93. The molecule has 0 fully saturated rings. The fraction of sp³-hybridized carbons (Fsp3) is 0.333. The lowest BCUT2D eigenvalue weighted by molar-refractivity contribution is 0.542. The maximum Gasteiger partial charge on any atom is 0.168 e. The lowest BCUT2D eigenvalue weighted by Gasteiger charge is -2.33. The molecular weight excluding hydrogens is 330 g/mol. The van der Waals surface area contributed by atoms with E-state index in [1.165, 1.54) is 0 Å². The number of sulfone groups is 1. The zero-order valence-electron chi connectivity index (χ0n) is 13.2. The molecule has 0 amide bonds. The zero-order valence-corrected chi connectivity index (χ0v) is 14.8. The average Bonchev–Trinajstić information content (AvgIpc) is 2.69. The molecule has 1 aliphatic heterocycles. The average molecular weight is 350 g/mol. The van der Waals surface area contributed by atoms with Crippen molar-refractivity contribution in [2.24, 2.45) is 0 Å². The third-order valence-electron chi connectivity index (χ3n) is 4.56. The summed E-state index contributed by atoms with van der Waals surface area (Å²) in [6.45, 7) is 4.12. The van der Waals surface area contributed by atoms with E-state index in [2.05, 4.69) is 5.32 Å². The second-order valence-corrected chi connectivity index (χ2v) is 9.44. The first-order valence-electron chi connectivity index (χ1n) is 7.61. The molecule has 2 atom stereocenters. The molecule has 3 nitrogen and oxygen atoms in total. The molecule has 0 saturated carbocycles. The summed E-state index contributed by atoms with van der Waals surface area (Å²) in [5.74, 6) is 0. The van der Waals surface area contributed by atoms with Crippen LogP contribution < -0.4 is 5.32 Å². The van der Waals surface area contributed by atoms with Crippen LogP contribution in [-0.2, 0) is 9.84 Å². The Morgan fingerprint density at radius 3 is 2.87 bits per heavy atom. The first-order chi connectivity index (χ1) is 10.8. The van der Waals surface area contributed by atoms with E-state index in [4.69, 9.17) is 11.6 Å². The molecule has 0 radical (unpaired) electrons. The third kappa shape index (κ3) is 2.86. The topological polar surface area (TPSA) is 46.2 Å². The minimum Gasteiger partial charge on any atom is -0.389 e.